The SMILES string of the molecule is CCCCCCCCCCCCCCCCCc1n(CC)cc[n+]1CCCC[n+]1ccn(CC)c1CCCCCCCCCCCCCCCCC. The third kappa shape index (κ3) is 22.6. The maximum atomic E-state index is 2.58. The number of unbranched alkanes of at least 4 members (excludes halogenated alkanes) is 29. The molecule has 2 rings (SSSR count). The first-order valence-corrected chi connectivity index (χ1v) is 23.9. The molecule has 0 atom stereocenters. The van der Waals surface area contributed by atoms with E-state index in [1.807, 2.05) is 0 Å². The largest absolute Gasteiger partial charge is 0.256 e. The van der Waals surface area contributed by atoms with Gasteiger partial charge in [0.05, 0.1) is 26.2 Å². The second-order valence-electron chi connectivity index (χ2n) is 16.5. The third-order valence-corrected chi connectivity index (χ3v) is 11.9. The van der Waals surface area contributed by atoms with Crippen molar-refractivity contribution in [3.05, 3.63) is 36.4 Å². The number of imidazole rings is 2. The van der Waals surface area contributed by atoms with Crippen molar-refractivity contribution in [2.45, 2.75) is 272 Å². The summed E-state index contributed by atoms with van der Waals surface area (Å²) >= 11 is 0. The van der Waals surface area contributed by atoms with E-state index in [-0.39, 0.29) is 0 Å². The zero-order valence-corrected chi connectivity index (χ0v) is 36.0. The van der Waals surface area contributed by atoms with Crippen LogP contribution in [0.2, 0.25) is 0 Å². The number of aromatic nitrogens is 4. The van der Waals surface area contributed by atoms with Gasteiger partial charge in [-0.05, 0) is 39.5 Å². The Morgan fingerprint density at radius 1 is 0.327 bits per heavy atom. The number of hydrogen-bond acceptors (Lipinski definition) is 0. The monoisotopic (exact) mass is 725 g/mol. The van der Waals surface area contributed by atoms with E-state index < -0.39 is 0 Å². The summed E-state index contributed by atoms with van der Waals surface area (Å²) < 4.78 is 10.1. The maximum absolute atomic E-state index is 2.58. The topological polar surface area (TPSA) is 17.6 Å². The van der Waals surface area contributed by atoms with Gasteiger partial charge in [-0.15, -0.1) is 0 Å². The minimum atomic E-state index is 1.09. The Labute approximate surface area is 326 Å². The highest BCUT2D eigenvalue weighted by molar-refractivity contribution is 4.85. The molecule has 2 heterocycles. The molecule has 0 bridgehead atoms. The normalized spacial score (nSPS) is 11.7. The molecule has 4 heteroatoms. The Hall–Kier alpha value is -1.58. The summed E-state index contributed by atoms with van der Waals surface area (Å²) in [4.78, 5) is 0. The fourth-order valence-electron chi connectivity index (χ4n) is 8.43. The molecular formula is C48H92N4+2. The van der Waals surface area contributed by atoms with Crippen LogP contribution in [0.1, 0.15) is 245 Å². The van der Waals surface area contributed by atoms with Crippen LogP contribution < -0.4 is 9.13 Å². The van der Waals surface area contributed by atoms with Crippen LogP contribution in [0.3, 0.4) is 0 Å². The molecule has 0 amide bonds. The fraction of sp³-hybridized carbons (Fsp3) is 0.875. The van der Waals surface area contributed by atoms with Crippen molar-refractivity contribution in [1.29, 1.82) is 0 Å². The quantitative estimate of drug-likeness (QED) is 0.0483. The van der Waals surface area contributed by atoms with Crippen LogP contribution >= 0.6 is 0 Å². The molecule has 0 N–H and O–H groups in total. The van der Waals surface area contributed by atoms with Crippen LogP contribution in [-0.2, 0) is 39.0 Å². The van der Waals surface area contributed by atoms with E-state index in [0.717, 1.165) is 26.2 Å². The predicted octanol–water partition coefficient (Wildman–Crippen LogP) is 14.2. The van der Waals surface area contributed by atoms with Gasteiger partial charge in [0.15, 0.2) is 0 Å². The lowest BCUT2D eigenvalue weighted by Crippen LogP contribution is -2.40. The molecule has 2 aromatic rings. The Kier molecular flexibility index (Phi) is 30.4. The van der Waals surface area contributed by atoms with Crippen molar-refractivity contribution in [3.63, 3.8) is 0 Å². The van der Waals surface area contributed by atoms with E-state index in [4.69, 9.17) is 0 Å². The van der Waals surface area contributed by atoms with E-state index in [1.54, 1.807) is 11.6 Å². The zero-order valence-electron chi connectivity index (χ0n) is 36.0. The Morgan fingerprint density at radius 2 is 0.577 bits per heavy atom. The fourth-order valence-corrected chi connectivity index (χ4v) is 8.43. The van der Waals surface area contributed by atoms with Crippen LogP contribution in [0.5, 0.6) is 0 Å². The summed E-state index contributed by atoms with van der Waals surface area (Å²) in [6.07, 6.45) is 57.4. The first-order chi connectivity index (χ1) is 25.7. The second kappa shape index (κ2) is 33.9. The third-order valence-electron chi connectivity index (χ3n) is 11.9. The summed E-state index contributed by atoms with van der Waals surface area (Å²) in [5.41, 5.74) is 0. The Balaban J connectivity index is 1.54. The molecule has 2 aromatic heterocycles. The summed E-state index contributed by atoms with van der Waals surface area (Å²) in [6.45, 7) is 13.7. The molecule has 0 fully saturated rings. The van der Waals surface area contributed by atoms with Gasteiger partial charge in [-0.1, -0.05) is 194 Å². The van der Waals surface area contributed by atoms with E-state index in [2.05, 4.69) is 70.8 Å². The number of nitrogens with zero attached hydrogens (tertiary/aromatic N) is 4. The minimum Gasteiger partial charge on any atom is -0.235 e. The maximum Gasteiger partial charge on any atom is 0.256 e. The zero-order chi connectivity index (χ0) is 37.2. The Morgan fingerprint density at radius 3 is 0.827 bits per heavy atom. The van der Waals surface area contributed by atoms with Crippen LogP contribution in [0.15, 0.2) is 24.8 Å². The van der Waals surface area contributed by atoms with Gasteiger partial charge in [-0.3, -0.25) is 0 Å². The highest BCUT2D eigenvalue weighted by atomic mass is 15.2. The van der Waals surface area contributed by atoms with Gasteiger partial charge in [0.2, 0.25) is 0 Å². The first kappa shape index (κ1) is 46.6. The number of hydrogen-bond donors (Lipinski definition) is 0. The molecule has 0 spiro atoms. The highest BCUT2D eigenvalue weighted by Gasteiger charge is 2.18. The molecule has 0 saturated carbocycles. The molecule has 0 unspecified atom stereocenters. The first-order valence-electron chi connectivity index (χ1n) is 23.9. The van der Waals surface area contributed by atoms with Crippen molar-refractivity contribution >= 4 is 0 Å². The van der Waals surface area contributed by atoms with E-state index >= 15 is 0 Å². The van der Waals surface area contributed by atoms with E-state index in [9.17, 15) is 0 Å². The molecule has 0 saturated heterocycles. The average molecular weight is 725 g/mol. The average Bonchev–Trinajstić information content (AvgIpc) is 3.75. The van der Waals surface area contributed by atoms with Crippen molar-refractivity contribution < 1.29 is 9.13 Å². The van der Waals surface area contributed by atoms with Gasteiger partial charge in [0.1, 0.15) is 24.8 Å². The number of aryl methyl sites for hydroxylation is 4. The molecule has 0 aliphatic rings. The van der Waals surface area contributed by atoms with Crippen LogP contribution in [0.4, 0.5) is 0 Å². The molecule has 0 aromatic carbocycles. The van der Waals surface area contributed by atoms with Crippen LogP contribution in [-0.4, -0.2) is 9.13 Å². The van der Waals surface area contributed by atoms with Crippen LogP contribution in [0, 0.1) is 0 Å². The lowest BCUT2D eigenvalue weighted by molar-refractivity contribution is -0.714. The summed E-state index contributed by atoms with van der Waals surface area (Å²) in [7, 11) is 0. The summed E-state index contributed by atoms with van der Waals surface area (Å²) in [6, 6.07) is 0. The van der Waals surface area contributed by atoms with Gasteiger partial charge in [-0.2, -0.15) is 0 Å². The van der Waals surface area contributed by atoms with Crippen LogP contribution in [0.25, 0.3) is 0 Å². The Bertz CT molecular complexity index is 953. The molecule has 52 heavy (non-hydrogen) atoms. The molecule has 0 aliphatic heterocycles. The second-order valence-corrected chi connectivity index (χ2v) is 16.5. The van der Waals surface area contributed by atoms with Gasteiger partial charge in [-0.25, -0.2) is 18.3 Å². The van der Waals surface area contributed by atoms with E-state index in [1.165, 1.54) is 218 Å². The number of rotatable bonds is 39. The van der Waals surface area contributed by atoms with Gasteiger partial charge in [0.25, 0.3) is 11.6 Å². The molecule has 0 aliphatic carbocycles. The molecule has 0 radical (unpaired) electrons. The van der Waals surface area contributed by atoms with Crippen molar-refractivity contribution in [3.8, 4) is 0 Å². The molecule has 302 valence electrons. The summed E-state index contributed by atoms with van der Waals surface area (Å²) in [5, 5.41) is 0. The van der Waals surface area contributed by atoms with Gasteiger partial charge >= 0.3 is 0 Å². The van der Waals surface area contributed by atoms with Crippen molar-refractivity contribution in [2.24, 2.45) is 0 Å². The standard InChI is InChI=1S/C48H92N4/c1-5-9-11-13-15-17-19-21-23-25-27-29-31-33-35-39-47-49(7-3)43-45-51(47)41-37-38-42-52-46-44-50(8-4)48(52)40-36-34-32-30-28-26-24-22-20-18-16-14-12-10-6-2/h43-46H,5-42H2,1-4H3/q+2. The lowest BCUT2D eigenvalue weighted by atomic mass is 10.0. The molecular weight excluding hydrogens is 633 g/mol. The predicted molar refractivity (Wildman–Crippen MR) is 227 cm³/mol. The highest BCUT2D eigenvalue weighted by Crippen LogP contribution is 2.16. The summed E-state index contributed by atoms with van der Waals surface area (Å²) in [5.74, 6) is 3.10. The van der Waals surface area contributed by atoms with E-state index in [0.29, 0.717) is 0 Å². The molecule has 4 nitrogen and oxygen atoms in total. The smallest absolute Gasteiger partial charge is 0.235 e. The van der Waals surface area contributed by atoms with Crippen molar-refractivity contribution in [1.82, 2.24) is 9.13 Å². The van der Waals surface area contributed by atoms with Gasteiger partial charge < -0.3 is 0 Å². The lowest BCUT2D eigenvalue weighted by Gasteiger charge is -2.07. The van der Waals surface area contributed by atoms with Gasteiger partial charge in [0, 0.05) is 12.8 Å². The minimum absolute atomic E-state index is 1.09. The van der Waals surface area contributed by atoms with Crippen molar-refractivity contribution in [2.75, 3.05) is 0 Å².